The number of amides is 1. The third-order valence-corrected chi connectivity index (χ3v) is 3.73. The number of hydrogen-bond donors (Lipinski definition) is 1. The van der Waals surface area contributed by atoms with Crippen molar-refractivity contribution in [2.75, 3.05) is 11.9 Å². The van der Waals surface area contributed by atoms with Crippen molar-refractivity contribution in [1.82, 2.24) is 0 Å². The molecule has 1 N–H and O–H groups in total. The quantitative estimate of drug-likeness (QED) is 0.765. The Morgan fingerprint density at radius 1 is 1.04 bits per heavy atom. The van der Waals surface area contributed by atoms with E-state index in [-0.39, 0.29) is 5.56 Å². The fraction of sp³-hybridized carbons (Fsp3) is 0.222. The molecule has 6 heteroatoms. The van der Waals surface area contributed by atoms with E-state index < -0.39 is 18.5 Å². The Balaban J connectivity index is 1.89. The number of esters is 1. The predicted molar refractivity (Wildman–Crippen MR) is 95.9 cm³/mol. The van der Waals surface area contributed by atoms with Gasteiger partial charge in [0.15, 0.2) is 6.61 Å². The molecule has 0 aliphatic rings. The van der Waals surface area contributed by atoms with Gasteiger partial charge in [0.2, 0.25) is 0 Å². The van der Waals surface area contributed by atoms with E-state index in [1.54, 1.807) is 0 Å². The summed E-state index contributed by atoms with van der Waals surface area (Å²) in [5.41, 5.74) is 2.02. The number of anilines is 1. The highest BCUT2D eigenvalue weighted by molar-refractivity contribution is 6.35. The largest absolute Gasteiger partial charge is 0.452 e. The van der Waals surface area contributed by atoms with Gasteiger partial charge in [0.1, 0.15) is 0 Å². The van der Waals surface area contributed by atoms with Crippen molar-refractivity contribution in [3.05, 3.63) is 63.6 Å². The number of carbonyl (C=O) groups is 2. The summed E-state index contributed by atoms with van der Waals surface area (Å²) in [6, 6.07) is 11.9. The monoisotopic (exact) mass is 365 g/mol. The Kier molecular flexibility index (Phi) is 6.23. The summed E-state index contributed by atoms with van der Waals surface area (Å²) in [5.74, 6) is -0.668. The first-order chi connectivity index (χ1) is 11.3. The van der Waals surface area contributed by atoms with Crippen LogP contribution in [-0.4, -0.2) is 18.5 Å². The number of halogens is 2. The van der Waals surface area contributed by atoms with Gasteiger partial charge >= 0.3 is 5.97 Å². The molecule has 0 bridgehead atoms. The first-order valence-electron chi connectivity index (χ1n) is 7.38. The van der Waals surface area contributed by atoms with E-state index in [1.165, 1.54) is 23.8 Å². The van der Waals surface area contributed by atoms with Gasteiger partial charge in [0, 0.05) is 15.7 Å². The fourth-order valence-corrected chi connectivity index (χ4v) is 2.56. The minimum absolute atomic E-state index is 0.196. The molecule has 4 nitrogen and oxygen atoms in total. The zero-order valence-electron chi connectivity index (χ0n) is 13.3. The first-order valence-corrected chi connectivity index (χ1v) is 8.14. The molecule has 24 heavy (non-hydrogen) atoms. The molecule has 0 radical (unpaired) electrons. The second-order valence-electron chi connectivity index (χ2n) is 5.56. The van der Waals surface area contributed by atoms with Gasteiger partial charge in [-0.25, -0.2) is 4.79 Å². The highest BCUT2D eigenvalue weighted by Crippen LogP contribution is 2.20. The lowest BCUT2D eigenvalue weighted by atomic mass is 10.0. The van der Waals surface area contributed by atoms with E-state index in [2.05, 4.69) is 19.2 Å². The maximum absolute atomic E-state index is 11.9. The molecule has 0 heterocycles. The molecule has 0 aliphatic heterocycles. The lowest BCUT2D eigenvalue weighted by Crippen LogP contribution is -2.20. The summed E-state index contributed by atoms with van der Waals surface area (Å²) in [6.07, 6.45) is 0. The van der Waals surface area contributed by atoms with Gasteiger partial charge in [-0.05, 0) is 41.8 Å². The Hall–Kier alpha value is -2.04. The van der Waals surface area contributed by atoms with E-state index in [4.69, 9.17) is 27.9 Å². The third-order valence-electron chi connectivity index (χ3n) is 3.29. The molecule has 0 fully saturated rings. The van der Waals surface area contributed by atoms with Crippen LogP contribution in [0.3, 0.4) is 0 Å². The lowest BCUT2D eigenvalue weighted by molar-refractivity contribution is -0.119. The van der Waals surface area contributed by atoms with Crippen molar-refractivity contribution in [3.8, 4) is 0 Å². The molecule has 2 aromatic rings. The summed E-state index contributed by atoms with van der Waals surface area (Å²) in [6.45, 7) is 3.79. The Bertz CT molecular complexity index is 722. The molecular weight excluding hydrogens is 349 g/mol. The van der Waals surface area contributed by atoms with Crippen LogP contribution >= 0.6 is 23.2 Å². The van der Waals surface area contributed by atoms with E-state index in [0.29, 0.717) is 21.7 Å². The number of benzene rings is 2. The average molecular weight is 366 g/mol. The summed E-state index contributed by atoms with van der Waals surface area (Å²) in [5, 5.41) is 3.32. The Morgan fingerprint density at radius 2 is 1.62 bits per heavy atom. The maximum atomic E-state index is 11.9. The topological polar surface area (TPSA) is 55.4 Å². The van der Waals surface area contributed by atoms with Gasteiger partial charge in [-0.3, -0.25) is 4.79 Å². The zero-order valence-corrected chi connectivity index (χ0v) is 14.8. The highest BCUT2D eigenvalue weighted by Gasteiger charge is 2.12. The van der Waals surface area contributed by atoms with Crippen LogP contribution in [-0.2, 0) is 9.53 Å². The molecule has 0 saturated carbocycles. The van der Waals surface area contributed by atoms with Gasteiger partial charge in [0.25, 0.3) is 5.91 Å². The molecule has 0 saturated heterocycles. The second-order valence-corrected chi connectivity index (χ2v) is 6.43. The highest BCUT2D eigenvalue weighted by atomic mass is 35.5. The van der Waals surface area contributed by atoms with Crippen molar-refractivity contribution in [1.29, 1.82) is 0 Å². The number of nitrogens with one attached hydrogen (secondary N) is 1. The normalized spacial score (nSPS) is 10.5. The minimum atomic E-state index is -0.662. The second kappa shape index (κ2) is 8.18. The van der Waals surface area contributed by atoms with Crippen LogP contribution in [0.5, 0.6) is 0 Å². The van der Waals surface area contributed by atoms with E-state index in [9.17, 15) is 9.59 Å². The Morgan fingerprint density at radius 3 is 2.17 bits per heavy atom. The molecule has 2 aromatic carbocycles. The molecule has 1 amide bonds. The van der Waals surface area contributed by atoms with E-state index in [0.717, 1.165) is 0 Å². The van der Waals surface area contributed by atoms with Crippen molar-refractivity contribution >= 4 is 40.8 Å². The molecule has 126 valence electrons. The third kappa shape index (κ3) is 5.25. The number of hydrogen-bond acceptors (Lipinski definition) is 3. The number of ether oxygens (including phenoxy) is 1. The molecule has 0 unspecified atom stereocenters. The standard InChI is InChI=1S/C18H17Cl2NO3/c1-11(2)12-3-5-16(6-4-12)21-17(22)10-24-18(23)13-7-14(19)9-15(20)8-13/h3-9,11H,10H2,1-2H3,(H,21,22). The first kappa shape index (κ1) is 18.3. The zero-order chi connectivity index (χ0) is 17.7. The molecule has 2 rings (SSSR count). The molecular formula is C18H17Cl2NO3. The van der Waals surface area contributed by atoms with Crippen LogP contribution in [0.2, 0.25) is 10.0 Å². The van der Waals surface area contributed by atoms with Crippen molar-refractivity contribution in [2.24, 2.45) is 0 Å². The average Bonchev–Trinajstić information content (AvgIpc) is 2.52. The smallest absolute Gasteiger partial charge is 0.338 e. The number of rotatable bonds is 5. The fourth-order valence-electron chi connectivity index (χ4n) is 2.03. The van der Waals surface area contributed by atoms with E-state index in [1.807, 2.05) is 24.3 Å². The lowest BCUT2D eigenvalue weighted by Gasteiger charge is -2.09. The van der Waals surface area contributed by atoms with Gasteiger partial charge < -0.3 is 10.1 Å². The molecule has 0 aliphatic carbocycles. The van der Waals surface area contributed by atoms with Gasteiger partial charge in [-0.2, -0.15) is 0 Å². The van der Waals surface area contributed by atoms with Crippen molar-refractivity contribution in [2.45, 2.75) is 19.8 Å². The molecule has 0 atom stereocenters. The van der Waals surface area contributed by atoms with Gasteiger partial charge in [-0.1, -0.05) is 49.2 Å². The van der Waals surface area contributed by atoms with Crippen LogP contribution < -0.4 is 5.32 Å². The SMILES string of the molecule is CC(C)c1ccc(NC(=O)COC(=O)c2cc(Cl)cc(Cl)c2)cc1. The summed E-state index contributed by atoms with van der Waals surface area (Å²) < 4.78 is 4.97. The predicted octanol–water partition coefficient (Wildman–Crippen LogP) is 4.91. The summed E-state index contributed by atoms with van der Waals surface area (Å²) in [4.78, 5) is 23.8. The van der Waals surface area contributed by atoms with Crippen LogP contribution in [0.1, 0.15) is 35.7 Å². The Labute approximate surface area is 150 Å². The van der Waals surface area contributed by atoms with E-state index >= 15 is 0 Å². The van der Waals surface area contributed by atoms with Gasteiger partial charge in [0.05, 0.1) is 5.56 Å². The van der Waals surface area contributed by atoms with Crippen LogP contribution in [0.25, 0.3) is 0 Å². The molecule has 0 aromatic heterocycles. The summed E-state index contributed by atoms with van der Waals surface area (Å²) >= 11 is 11.7. The van der Waals surface area contributed by atoms with Crippen LogP contribution in [0.15, 0.2) is 42.5 Å². The van der Waals surface area contributed by atoms with Crippen molar-refractivity contribution < 1.29 is 14.3 Å². The van der Waals surface area contributed by atoms with Crippen molar-refractivity contribution in [3.63, 3.8) is 0 Å². The minimum Gasteiger partial charge on any atom is -0.452 e. The molecule has 0 spiro atoms. The maximum Gasteiger partial charge on any atom is 0.338 e. The number of carbonyl (C=O) groups excluding carboxylic acids is 2. The summed E-state index contributed by atoms with van der Waals surface area (Å²) in [7, 11) is 0. The van der Waals surface area contributed by atoms with Crippen LogP contribution in [0, 0.1) is 0 Å². The van der Waals surface area contributed by atoms with Crippen LogP contribution in [0.4, 0.5) is 5.69 Å². The van der Waals surface area contributed by atoms with Gasteiger partial charge in [-0.15, -0.1) is 0 Å².